The van der Waals surface area contributed by atoms with Crippen LogP contribution in [0.15, 0.2) is 29.5 Å². The summed E-state index contributed by atoms with van der Waals surface area (Å²) in [4.78, 5) is 35.8. The second kappa shape index (κ2) is 12.7. The first kappa shape index (κ1) is 28.1. The monoisotopic (exact) mass is 543 g/mol. The summed E-state index contributed by atoms with van der Waals surface area (Å²) in [6.07, 6.45) is 3.12. The number of benzene rings is 1. The van der Waals surface area contributed by atoms with Crippen molar-refractivity contribution in [1.82, 2.24) is 14.8 Å². The highest BCUT2D eigenvalue weighted by Gasteiger charge is 2.44. The molecule has 1 saturated heterocycles. The first-order valence-corrected chi connectivity index (χ1v) is 14.0. The predicted molar refractivity (Wildman–Crippen MR) is 145 cm³/mol. The van der Waals surface area contributed by atoms with Gasteiger partial charge in [0.15, 0.2) is 17.3 Å². The molecule has 38 heavy (non-hydrogen) atoms. The lowest BCUT2D eigenvalue weighted by molar-refractivity contribution is -0.129. The number of morpholine rings is 1. The van der Waals surface area contributed by atoms with Gasteiger partial charge in [-0.25, -0.2) is 4.98 Å². The van der Waals surface area contributed by atoms with Gasteiger partial charge in [0.25, 0.3) is 5.91 Å². The number of hydrogen-bond donors (Lipinski definition) is 1. The van der Waals surface area contributed by atoms with Crippen molar-refractivity contribution in [2.75, 3.05) is 53.1 Å². The fourth-order valence-electron chi connectivity index (χ4n) is 4.91. The minimum atomic E-state index is -0.763. The lowest BCUT2D eigenvalue weighted by Crippen LogP contribution is -2.43. The topological polar surface area (TPSA) is 101 Å². The van der Waals surface area contributed by atoms with Crippen molar-refractivity contribution in [3.05, 3.63) is 50.7 Å². The maximum Gasteiger partial charge on any atom is 0.290 e. The maximum absolute atomic E-state index is 13.8. The molecule has 0 saturated carbocycles. The summed E-state index contributed by atoms with van der Waals surface area (Å²) in [6.45, 7) is 10.1. The zero-order valence-corrected chi connectivity index (χ0v) is 23.4. The van der Waals surface area contributed by atoms with Gasteiger partial charge in [0, 0.05) is 26.2 Å². The number of aliphatic hydroxyl groups is 1. The third kappa shape index (κ3) is 6.03. The van der Waals surface area contributed by atoms with Crippen molar-refractivity contribution >= 4 is 23.0 Å². The highest BCUT2D eigenvalue weighted by molar-refractivity contribution is 7.14. The van der Waals surface area contributed by atoms with E-state index < -0.39 is 17.7 Å². The van der Waals surface area contributed by atoms with Gasteiger partial charge in [-0.15, -0.1) is 11.3 Å². The number of thiazole rings is 1. The van der Waals surface area contributed by atoms with E-state index in [9.17, 15) is 14.7 Å². The number of rotatable bonds is 12. The molecule has 1 aromatic carbocycles. The average Bonchev–Trinajstić information content (AvgIpc) is 3.40. The standard InChI is InChI=1S/C28H37N3O6S/c1-5-6-7-14-37-21-9-8-20(17-22(21)35-4)24-23(25(32)27-18(2)29-19(3)38-27)26(33)28(34)31(24)11-10-30-12-15-36-16-13-30/h8-9,17,24,33H,5-7,10-16H2,1-4H3. The Bertz CT molecular complexity index is 1190. The van der Waals surface area contributed by atoms with Crippen molar-refractivity contribution in [2.24, 2.45) is 0 Å². The number of methoxy groups -OCH3 is 1. The van der Waals surface area contributed by atoms with Crippen LogP contribution in [0.2, 0.25) is 0 Å². The molecule has 0 aliphatic carbocycles. The lowest BCUT2D eigenvalue weighted by atomic mass is 9.94. The quantitative estimate of drug-likeness (QED) is 0.313. The first-order valence-electron chi connectivity index (χ1n) is 13.2. The van der Waals surface area contributed by atoms with Crippen LogP contribution in [0.3, 0.4) is 0 Å². The fourth-order valence-corrected chi connectivity index (χ4v) is 5.78. The Hall–Kier alpha value is -2.95. The first-order chi connectivity index (χ1) is 18.3. The Morgan fingerprint density at radius 3 is 2.61 bits per heavy atom. The number of carbonyl (C=O) groups is 2. The summed E-state index contributed by atoms with van der Waals surface area (Å²) in [7, 11) is 1.57. The van der Waals surface area contributed by atoms with Gasteiger partial charge in [-0.3, -0.25) is 14.5 Å². The van der Waals surface area contributed by atoms with Crippen LogP contribution in [0.5, 0.6) is 11.5 Å². The number of aliphatic hydroxyl groups excluding tert-OH is 1. The third-order valence-electron chi connectivity index (χ3n) is 6.93. The van der Waals surface area contributed by atoms with E-state index in [1.54, 1.807) is 25.0 Å². The molecule has 1 fully saturated rings. The highest BCUT2D eigenvalue weighted by atomic mass is 32.1. The Morgan fingerprint density at radius 1 is 1.18 bits per heavy atom. The second-order valence-electron chi connectivity index (χ2n) is 9.56. The molecule has 1 N–H and O–H groups in total. The smallest absolute Gasteiger partial charge is 0.290 e. The molecule has 1 atom stereocenters. The van der Waals surface area contributed by atoms with Crippen LogP contribution in [0, 0.1) is 13.8 Å². The van der Waals surface area contributed by atoms with Gasteiger partial charge in [-0.05, 0) is 38.0 Å². The lowest BCUT2D eigenvalue weighted by Gasteiger charge is -2.32. The van der Waals surface area contributed by atoms with Crippen LogP contribution < -0.4 is 9.47 Å². The SMILES string of the molecule is CCCCCOc1ccc(C2C(C(=O)c3sc(C)nc3C)=C(O)C(=O)N2CCN2CCOCC2)cc1OC. The van der Waals surface area contributed by atoms with Gasteiger partial charge in [-0.2, -0.15) is 0 Å². The van der Waals surface area contributed by atoms with Gasteiger partial charge >= 0.3 is 0 Å². The number of carbonyl (C=O) groups excluding carboxylic acids is 2. The van der Waals surface area contributed by atoms with Gasteiger partial charge in [0.1, 0.15) is 0 Å². The minimum absolute atomic E-state index is 0.0717. The number of amides is 1. The third-order valence-corrected chi connectivity index (χ3v) is 8.00. The maximum atomic E-state index is 13.8. The van der Waals surface area contributed by atoms with E-state index in [0.29, 0.717) is 60.5 Å². The van der Waals surface area contributed by atoms with Crippen LogP contribution >= 0.6 is 11.3 Å². The summed E-state index contributed by atoms with van der Waals surface area (Å²) < 4.78 is 17.0. The molecule has 10 heteroatoms. The fraction of sp³-hybridized carbons (Fsp3) is 0.536. The average molecular weight is 544 g/mol. The van der Waals surface area contributed by atoms with Gasteiger partial charge in [0.05, 0.1) is 54.1 Å². The van der Waals surface area contributed by atoms with E-state index in [2.05, 4.69) is 16.8 Å². The Balaban J connectivity index is 1.68. The van der Waals surface area contributed by atoms with Crippen molar-refractivity contribution < 1.29 is 28.9 Å². The van der Waals surface area contributed by atoms with Crippen LogP contribution in [-0.2, 0) is 9.53 Å². The molecule has 2 aliphatic heterocycles. The van der Waals surface area contributed by atoms with Gasteiger partial charge < -0.3 is 24.2 Å². The van der Waals surface area contributed by atoms with E-state index in [-0.39, 0.29) is 11.4 Å². The van der Waals surface area contributed by atoms with E-state index in [1.165, 1.54) is 11.3 Å². The van der Waals surface area contributed by atoms with Crippen molar-refractivity contribution in [3.63, 3.8) is 0 Å². The molecule has 1 amide bonds. The molecule has 4 rings (SSSR count). The number of aryl methyl sites for hydroxylation is 2. The molecule has 2 aromatic rings. The number of unbranched alkanes of at least 4 members (excludes halogenated alkanes) is 2. The van der Waals surface area contributed by atoms with Crippen molar-refractivity contribution in [3.8, 4) is 11.5 Å². The molecule has 1 unspecified atom stereocenters. The van der Waals surface area contributed by atoms with E-state index >= 15 is 0 Å². The summed E-state index contributed by atoms with van der Waals surface area (Å²) in [5.74, 6) is -0.318. The Labute approximate surface area is 228 Å². The molecular weight excluding hydrogens is 506 g/mol. The summed E-state index contributed by atoms with van der Waals surface area (Å²) >= 11 is 1.27. The molecule has 2 aliphatic rings. The molecule has 0 spiro atoms. The molecule has 0 bridgehead atoms. The largest absolute Gasteiger partial charge is 0.503 e. The van der Waals surface area contributed by atoms with Crippen LogP contribution in [-0.4, -0.2) is 84.7 Å². The molecule has 0 radical (unpaired) electrons. The number of Topliss-reactive ketones (excluding diaryl/α,β-unsaturated/α-hetero) is 1. The van der Waals surface area contributed by atoms with E-state index in [0.717, 1.165) is 37.4 Å². The number of ketones is 1. The van der Waals surface area contributed by atoms with Gasteiger partial charge in [-0.1, -0.05) is 25.8 Å². The minimum Gasteiger partial charge on any atom is -0.503 e. The number of hydrogen-bond acceptors (Lipinski definition) is 9. The number of ether oxygens (including phenoxy) is 3. The van der Waals surface area contributed by atoms with E-state index in [1.807, 2.05) is 19.1 Å². The molecular formula is C28H37N3O6S. The Morgan fingerprint density at radius 2 is 1.95 bits per heavy atom. The van der Waals surface area contributed by atoms with E-state index in [4.69, 9.17) is 14.2 Å². The number of aromatic nitrogens is 1. The number of nitrogens with zero attached hydrogens (tertiary/aromatic N) is 3. The summed E-state index contributed by atoms with van der Waals surface area (Å²) in [6, 6.07) is 4.69. The highest BCUT2D eigenvalue weighted by Crippen LogP contribution is 2.42. The van der Waals surface area contributed by atoms with Crippen LogP contribution in [0.1, 0.15) is 58.2 Å². The summed E-state index contributed by atoms with van der Waals surface area (Å²) in [5, 5.41) is 11.8. The van der Waals surface area contributed by atoms with Crippen molar-refractivity contribution in [2.45, 2.75) is 46.1 Å². The zero-order valence-electron chi connectivity index (χ0n) is 22.6. The van der Waals surface area contributed by atoms with Crippen molar-refractivity contribution in [1.29, 1.82) is 0 Å². The van der Waals surface area contributed by atoms with Crippen LogP contribution in [0.4, 0.5) is 0 Å². The second-order valence-corrected chi connectivity index (χ2v) is 10.8. The molecule has 206 valence electrons. The molecule has 9 nitrogen and oxygen atoms in total. The zero-order chi connectivity index (χ0) is 27.2. The van der Waals surface area contributed by atoms with Crippen LogP contribution in [0.25, 0.3) is 0 Å². The summed E-state index contributed by atoms with van der Waals surface area (Å²) in [5.41, 5.74) is 1.33. The normalized spacial score (nSPS) is 18.4. The predicted octanol–water partition coefficient (Wildman–Crippen LogP) is 4.25. The van der Waals surface area contributed by atoms with Gasteiger partial charge in [0.2, 0.25) is 5.78 Å². The Kier molecular flexibility index (Phi) is 9.40. The molecule has 3 heterocycles. The molecule has 1 aromatic heterocycles.